The van der Waals surface area contributed by atoms with Gasteiger partial charge in [-0.15, -0.1) is 0 Å². The second-order valence-electron chi connectivity index (χ2n) is 7.31. The van der Waals surface area contributed by atoms with E-state index in [4.69, 9.17) is 9.57 Å². The lowest BCUT2D eigenvalue weighted by Crippen LogP contribution is -2.51. The highest BCUT2D eigenvalue weighted by atomic mass is 127. The Morgan fingerprint density at radius 2 is 2.18 bits per heavy atom. The van der Waals surface area contributed by atoms with Crippen LogP contribution in [-0.4, -0.2) is 42.8 Å². The molecule has 0 bridgehead atoms. The molecule has 7 nitrogen and oxygen atoms in total. The first-order chi connectivity index (χ1) is 13.2. The third kappa shape index (κ3) is 4.69. The second kappa shape index (κ2) is 8.68. The minimum atomic E-state index is -3.68. The highest BCUT2D eigenvalue weighted by Crippen LogP contribution is 2.25. The molecular weight excluding hydrogens is 495 g/mol. The summed E-state index contributed by atoms with van der Waals surface area (Å²) < 4.78 is 31.8. The van der Waals surface area contributed by atoms with Gasteiger partial charge in [0, 0.05) is 46.5 Å². The number of aromatic nitrogens is 1. The molecule has 1 aromatic heterocycles. The Bertz CT molecular complexity index is 952. The number of hydroxylamine groups is 1. The van der Waals surface area contributed by atoms with Gasteiger partial charge in [0.25, 0.3) is 5.91 Å². The summed E-state index contributed by atoms with van der Waals surface area (Å²) in [5.41, 5.74) is 3.32. The van der Waals surface area contributed by atoms with Crippen LogP contribution >= 0.6 is 22.6 Å². The first-order valence-corrected chi connectivity index (χ1v) is 12.2. The monoisotopic (exact) mass is 520 g/mol. The smallest absolute Gasteiger partial charge is 0.264 e. The van der Waals surface area contributed by atoms with E-state index in [1.54, 1.807) is 0 Å². The third-order valence-electron chi connectivity index (χ3n) is 5.28. The Labute approximate surface area is 178 Å². The number of amides is 1. The lowest BCUT2D eigenvalue weighted by atomic mass is 10.1. The Morgan fingerprint density at radius 3 is 2.86 bits per heavy atom. The molecule has 0 spiro atoms. The average Bonchev–Trinajstić information content (AvgIpc) is 3.06. The molecule has 1 aliphatic heterocycles. The minimum absolute atomic E-state index is 0.127. The molecule has 28 heavy (non-hydrogen) atoms. The molecule has 1 fully saturated rings. The molecule has 1 amide bonds. The van der Waals surface area contributed by atoms with E-state index in [1.165, 1.54) is 6.92 Å². The van der Waals surface area contributed by atoms with Gasteiger partial charge >= 0.3 is 0 Å². The van der Waals surface area contributed by atoms with Crippen LogP contribution in [0.5, 0.6) is 0 Å². The van der Waals surface area contributed by atoms with E-state index in [0.717, 1.165) is 33.6 Å². The molecule has 2 heterocycles. The van der Waals surface area contributed by atoms with E-state index in [9.17, 15) is 13.2 Å². The summed E-state index contributed by atoms with van der Waals surface area (Å²) in [6.07, 6.45) is 5.17. The number of ether oxygens (including phenoxy) is 1. The number of aryl methyl sites for hydroxylation is 1. The fourth-order valence-corrected chi connectivity index (χ4v) is 4.55. The van der Waals surface area contributed by atoms with Crippen molar-refractivity contribution in [1.29, 1.82) is 0 Å². The maximum Gasteiger partial charge on any atom is 0.264 e. The molecular formula is C19H25IN2O5S. The topological polar surface area (TPSA) is 86.6 Å². The Morgan fingerprint density at radius 1 is 1.39 bits per heavy atom. The van der Waals surface area contributed by atoms with Crippen molar-refractivity contribution < 1.29 is 22.8 Å². The van der Waals surface area contributed by atoms with Crippen LogP contribution in [0.2, 0.25) is 0 Å². The van der Waals surface area contributed by atoms with E-state index in [0.29, 0.717) is 19.6 Å². The highest BCUT2D eigenvalue weighted by molar-refractivity contribution is 14.1. The predicted molar refractivity (Wildman–Crippen MR) is 115 cm³/mol. The number of rotatable bonds is 7. The SMILES string of the molecule is C[C@@](CCn1ccc2cc(I)ccc21)(C(=O)NOC1CCCCO1)S(C)(=O)=O. The zero-order valence-electron chi connectivity index (χ0n) is 16.0. The van der Waals surface area contributed by atoms with E-state index in [2.05, 4.69) is 34.1 Å². The second-order valence-corrected chi connectivity index (χ2v) is 11.0. The summed E-state index contributed by atoms with van der Waals surface area (Å²) in [4.78, 5) is 18.1. The number of sulfone groups is 1. The van der Waals surface area contributed by atoms with Crippen LogP contribution in [0.4, 0.5) is 0 Å². The molecule has 0 saturated carbocycles. The van der Waals surface area contributed by atoms with Crippen molar-refractivity contribution in [2.24, 2.45) is 0 Å². The molecule has 1 saturated heterocycles. The van der Waals surface area contributed by atoms with E-state index in [-0.39, 0.29) is 6.42 Å². The molecule has 0 radical (unpaired) electrons. The first-order valence-electron chi connectivity index (χ1n) is 9.22. The Kier molecular flexibility index (Phi) is 6.68. The van der Waals surface area contributed by atoms with Gasteiger partial charge in [-0.1, -0.05) is 0 Å². The van der Waals surface area contributed by atoms with Crippen LogP contribution in [0.1, 0.15) is 32.6 Å². The van der Waals surface area contributed by atoms with Crippen molar-refractivity contribution in [3.63, 3.8) is 0 Å². The first kappa shape index (κ1) is 21.5. The average molecular weight is 520 g/mol. The van der Waals surface area contributed by atoms with Gasteiger partial charge in [-0.3, -0.25) is 4.79 Å². The molecule has 1 N–H and O–H groups in total. The van der Waals surface area contributed by atoms with Crippen molar-refractivity contribution >= 4 is 49.2 Å². The summed E-state index contributed by atoms with van der Waals surface area (Å²) in [6, 6.07) is 8.05. The van der Waals surface area contributed by atoms with Crippen LogP contribution in [0.15, 0.2) is 30.5 Å². The van der Waals surface area contributed by atoms with Gasteiger partial charge in [0.2, 0.25) is 0 Å². The Balaban J connectivity index is 1.72. The molecule has 1 unspecified atom stereocenters. The molecule has 2 aromatic rings. The number of hydrogen-bond donors (Lipinski definition) is 1. The lowest BCUT2D eigenvalue weighted by molar-refractivity contribution is -0.201. The fourth-order valence-electron chi connectivity index (χ4n) is 3.20. The van der Waals surface area contributed by atoms with Crippen molar-refractivity contribution in [2.45, 2.75) is 50.2 Å². The molecule has 9 heteroatoms. The molecule has 2 atom stereocenters. The summed E-state index contributed by atoms with van der Waals surface area (Å²) in [5.74, 6) is -0.671. The maximum absolute atomic E-state index is 12.7. The number of nitrogens with one attached hydrogen (secondary N) is 1. The van der Waals surface area contributed by atoms with Gasteiger partial charge in [0.1, 0.15) is 0 Å². The van der Waals surface area contributed by atoms with Crippen LogP contribution < -0.4 is 5.48 Å². The van der Waals surface area contributed by atoms with Crippen molar-refractivity contribution in [3.05, 3.63) is 34.0 Å². The zero-order valence-corrected chi connectivity index (χ0v) is 19.0. The standard InChI is InChI=1S/C19H25IN2O5S/c1-19(28(2,24)25,18(23)21-27-17-5-3-4-12-26-17)9-11-22-10-8-14-13-15(20)6-7-16(14)22/h6-8,10,13,17H,3-5,9,11-12H2,1-2H3,(H,21,23)/t17?,19-/m1/s1. The van der Waals surface area contributed by atoms with E-state index >= 15 is 0 Å². The Hall–Kier alpha value is -1.17. The number of hydrogen-bond acceptors (Lipinski definition) is 5. The zero-order chi connectivity index (χ0) is 20.4. The highest BCUT2D eigenvalue weighted by Gasteiger charge is 2.43. The van der Waals surface area contributed by atoms with Crippen LogP contribution in [0, 0.1) is 3.57 Å². The number of carbonyl (C=O) groups excluding carboxylic acids is 1. The number of nitrogens with zero attached hydrogens (tertiary/aromatic N) is 1. The molecule has 1 aromatic carbocycles. The fraction of sp³-hybridized carbons (Fsp3) is 0.526. The number of carbonyl (C=O) groups is 1. The number of fused-ring (bicyclic) bond motifs is 1. The van der Waals surface area contributed by atoms with Crippen LogP contribution in [0.25, 0.3) is 10.9 Å². The molecule has 154 valence electrons. The van der Waals surface area contributed by atoms with Crippen molar-refractivity contribution in [1.82, 2.24) is 10.0 Å². The summed E-state index contributed by atoms with van der Waals surface area (Å²) in [5, 5.41) is 1.08. The normalized spacial score (nSPS) is 20.0. The van der Waals surface area contributed by atoms with Gasteiger partial charge in [0.15, 0.2) is 20.9 Å². The minimum Gasteiger partial charge on any atom is -0.350 e. The summed E-state index contributed by atoms with van der Waals surface area (Å²) >= 11 is 2.25. The van der Waals surface area contributed by atoms with E-state index in [1.807, 2.05) is 29.0 Å². The predicted octanol–water partition coefficient (Wildman–Crippen LogP) is 3.01. The van der Waals surface area contributed by atoms with E-state index < -0.39 is 26.8 Å². The largest absolute Gasteiger partial charge is 0.350 e. The number of benzene rings is 1. The summed E-state index contributed by atoms with van der Waals surface area (Å²) in [7, 11) is -3.68. The van der Waals surface area contributed by atoms with Crippen molar-refractivity contribution in [3.8, 4) is 0 Å². The van der Waals surface area contributed by atoms with Crippen LogP contribution in [0.3, 0.4) is 0 Å². The van der Waals surface area contributed by atoms with Gasteiger partial charge in [-0.2, -0.15) is 0 Å². The quantitative estimate of drug-likeness (QED) is 0.448. The molecule has 0 aliphatic carbocycles. The molecule has 3 rings (SSSR count). The van der Waals surface area contributed by atoms with Crippen LogP contribution in [-0.2, 0) is 30.8 Å². The third-order valence-corrected chi connectivity index (χ3v) is 7.98. The van der Waals surface area contributed by atoms with Crippen molar-refractivity contribution in [2.75, 3.05) is 12.9 Å². The van der Waals surface area contributed by atoms with Gasteiger partial charge in [-0.25, -0.2) is 18.7 Å². The molecule has 1 aliphatic rings. The maximum atomic E-state index is 12.7. The van der Waals surface area contributed by atoms with Gasteiger partial charge in [0.05, 0.1) is 0 Å². The lowest BCUT2D eigenvalue weighted by Gasteiger charge is -2.28. The van der Waals surface area contributed by atoms with Gasteiger partial charge in [-0.05, 0) is 73.0 Å². The van der Waals surface area contributed by atoms with Gasteiger partial charge < -0.3 is 9.30 Å². The summed E-state index contributed by atoms with van der Waals surface area (Å²) in [6.45, 7) is 2.40. The number of halogens is 1.